The molecule has 0 spiro atoms. The Kier molecular flexibility index (Phi) is 10.9. The van der Waals surface area contributed by atoms with Crippen LogP contribution in [0.2, 0.25) is 0 Å². The van der Waals surface area contributed by atoms with E-state index < -0.39 is 18.4 Å². The van der Waals surface area contributed by atoms with Gasteiger partial charge in [-0.15, -0.1) is 0 Å². The number of ether oxygens (including phenoxy) is 3. The molecule has 0 radical (unpaired) electrons. The highest BCUT2D eigenvalue weighted by Gasteiger charge is 2.40. The van der Waals surface area contributed by atoms with E-state index in [1.165, 1.54) is 45.7 Å². The molecule has 3 aliphatic rings. The summed E-state index contributed by atoms with van der Waals surface area (Å²) in [5.41, 5.74) is 3.81. The van der Waals surface area contributed by atoms with Gasteiger partial charge in [0.2, 0.25) is 0 Å². The molecular weight excluding hydrogens is 546 g/mol. The first-order valence-electron chi connectivity index (χ1n) is 15.8. The van der Waals surface area contributed by atoms with Crippen molar-refractivity contribution in [3.05, 3.63) is 70.8 Å². The fourth-order valence-electron chi connectivity index (χ4n) is 6.59. The maximum Gasteiger partial charge on any atom is 0.303 e. The fourth-order valence-corrected chi connectivity index (χ4v) is 6.59. The van der Waals surface area contributed by atoms with E-state index in [0.29, 0.717) is 12.6 Å². The Hall–Kier alpha value is -2.82. The van der Waals surface area contributed by atoms with Crippen LogP contribution in [0, 0.1) is 5.92 Å². The average Bonchev–Trinajstić information content (AvgIpc) is 3.69. The number of hydrogen-bond acceptors (Lipinski definition) is 8. The third-order valence-electron chi connectivity index (χ3n) is 9.14. The minimum Gasteiger partial charge on any atom is -0.453 e. The van der Waals surface area contributed by atoms with Crippen LogP contribution in [-0.2, 0) is 37.0 Å². The largest absolute Gasteiger partial charge is 0.453 e. The van der Waals surface area contributed by atoms with Crippen LogP contribution in [0.1, 0.15) is 81.1 Å². The number of nitrogens with zero attached hydrogens (tertiary/aromatic N) is 2. The predicted octanol–water partition coefficient (Wildman–Crippen LogP) is 4.10. The summed E-state index contributed by atoms with van der Waals surface area (Å²) in [6.07, 6.45) is 3.54. The van der Waals surface area contributed by atoms with Crippen molar-refractivity contribution in [1.82, 2.24) is 15.1 Å². The first kappa shape index (κ1) is 31.6. The normalized spacial score (nSPS) is 27.2. The lowest BCUT2D eigenvalue weighted by Crippen LogP contribution is -2.48. The summed E-state index contributed by atoms with van der Waals surface area (Å²) in [6.45, 7) is 10.9. The van der Waals surface area contributed by atoms with Gasteiger partial charge in [-0.3, -0.25) is 14.5 Å². The zero-order chi connectivity index (χ0) is 30.3. The van der Waals surface area contributed by atoms with Gasteiger partial charge in [-0.25, -0.2) is 0 Å². The van der Waals surface area contributed by atoms with E-state index in [0.717, 1.165) is 41.9 Å². The highest BCUT2D eigenvalue weighted by Crippen LogP contribution is 2.42. The van der Waals surface area contributed by atoms with Gasteiger partial charge in [0.05, 0.1) is 18.8 Å². The minimum absolute atomic E-state index is 0.0119. The molecule has 3 fully saturated rings. The van der Waals surface area contributed by atoms with Crippen LogP contribution in [0.4, 0.5) is 0 Å². The number of esters is 1. The quantitative estimate of drug-likeness (QED) is 0.376. The first-order chi connectivity index (χ1) is 20.8. The second-order valence-electron chi connectivity index (χ2n) is 12.3. The molecule has 2 aromatic carbocycles. The monoisotopic (exact) mass is 593 g/mol. The summed E-state index contributed by atoms with van der Waals surface area (Å²) in [4.78, 5) is 28.7. The smallest absolute Gasteiger partial charge is 0.303 e. The number of amides is 1. The van der Waals surface area contributed by atoms with E-state index in [-0.39, 0.29) is 30.6 Å². The Labute approximate surface area is 255 Å². The lowest BCUT2D eigenvalue weighted by atomic mass is 9.90. The van der Waals surface area contributed by atoms with Crippen LogP contribution in [-0.4, -0.2) is 77.8 Å². The van der Waals surface area contributed by atoms with Crippen molar-refractivity contribution in [3.8, 4) is 0 Å². The van der Waals surface area contributed by atoms with E-state index >= 15 is 0 Å². The van der Waals surface area contributed by atoms with Crippen molar-refractivity contribution in [1.29, 1.82) is 0 Å². The lowest BCUT2D eigenvalue weighted by molar-refractivity contribution is -0.276. The third-order valence-corrected chi connectivity index (χ3v) is 9.14. The third kappa shape index (κ3) is 8.22. The molecule has 9 heteroatoms. The summed E-state index contributed by atoms with van der Waals surface area (Å²) in [5, 5.41) is 12.4. The maximum absolute atomic E-state index is 12.3. The molecule has 5 rings (SSSR count). The van der Waals surface area contributed by atoms with Gasteiger partial charge in [-0.2, -0.15) is 0 Å². The Morgan fingerprint density at radius 2 is 1.63 bits per heavy atom. The molecule has 0 aromatic heterocycles. The molecule has 6 atom stereocenters. The Bertz CT molecular complexity index is 1200. The zero-order valence-corrected chi connectivity index (χ0v) is 25.7. The molecule has 3 saturated heterocycles. The van der Waals surface area contributed by atoms with Gasteiger partial charge >= 0.3 is 5.97 Å². The van der Waals surface area contributed by atoms with Gasteiger partial charge in [-0.05, 0) is 68.9 Å². The average molecular weight is 594 g/mol. The zero-order valence-electron chi connectivity index (χ0n) is 25.7. The van der Waals surface area contributed by atoms with Crippen LogP contribution < -0.4 is 5.32 Å². The molecule has 3 heterocycles. The summed E-state index contributed by atoms with van der Waals surface area (Å²) in [7, 11) is 0. The number of nitrogens with one attached hydrogen (secondary N) is 1. The minimum atomic E-state index is -0.839. The molecule has 9 nitrogen and oxygen atoms in total. The SMILES string of the molecule is CC(=O)OC(C)C(=O)NCc1ccc(C2OC(CN3CCCC3CN3CCCC3)C(C)C(c3ccc(CO)cc3)O2)cc1. The molecule has 2 N–H and O–H groups in total. The highest BCUT2D eigenvalue weighted by molar-refractivity contribution is 5.82. The van der Waals surface area contributed by atoms with E-state index in [2.05, 4.69) is 34.2 Å². The number of rotatable bonds is 11. The number of likely N-dealkylation sites (tertiary alicyclic amines) is 2. The number of carbonyl (C=O) groups excluding carboxylic acids is 2. The van der Waals surface area contributed by atoms with E-state index in [1.54, 1.807) is 6.92 Å². The summed E-state index contributed by atoms with van der Waals surface area (Å²) in [6, 6.07) is 16.5. The second kappa shape index (κ2) is 14.8. The predicted molar refractivity (Wildman–Crippen MR) is 163 cm³/mol. The van der Waals surface area contributed by atoms with Gasteiger partial charge in [-0.1, -0.05) is 55.5 Å². The topological polar surface area (TPSA) is 101 Å². The van der Waals surface area contributed by atoms with Crippen molar-refractivity contribution in [3.63, 3.8) is 0 Å². The van der Waals surface area contributed by atoms with Gasteiger partial charge in [0.1, 0.15) is 0 Å². The van der Waals surface area contributed by atoms with Crippen LogP contribution in [0.3, 0.4) is 0 Å². The highest BCUT2D eigenvalue weighted by atomic mass is 16.7. The second-order valence-corrected chi connectivity index (χ2v) is 12.3. The first-order valence-corrected chi connectivity index (χ1v) is 15.8. The van der Waals surface area contributed by atoms with Crippen molar-refractivity contribution >= 4 is 11.9 Å². The van der Waals surface area contributed by atoms with Gasteiger partial charge in [0.25, 0.3) is 5.91 Å². The van der Waals surface area contributed by atoms with E-state index in [1.807, 2.05) is 36.4 Å². The molecule has 0 aliphatic carbocycles. The van der Waals surface area contributed by atoms with Crippen LogP contribution >= 0.6 is 0 Å². The molecular formula is C34H47N3O6. The van der Waals surface area contributed by atoms with Crippen LogP contribution in [0.5, 0.6) is 0 Å². The van der Waals surface area contributed by atoms with Gasteiger partial charge < -0.3 is 29.5 Å². The van der Waals surface area contributed by atoms with Crippen molar-refractivity contribution in [2.75, 3.05) is 32.7 Å². The summed E-state index contributed by atoms with van der Waals surface area (Å²) in [5.74, 6) is -0.686. The van der Waals surface area contributed by atoms with E-state index in [9.17, 15) is 14.7 Å². The standard InChI is InChI=1S/C34H47N3O6/c1-23-31(21-37-18-6-7-30(37)20-36-16-4-5-17-36)42-34(43-32(23)28-12-10-27(22-38)11-13-28)29-14-8-26(9-15-29)19-35-33(40)24(2)41-25(3)39/h8-15,23-24,30-32,34,38H,4-7,16-22H2,1-3H3,(H,35,40). The van der Waals surface area contributed by atoms with Gasteiger partial charge in [0, 0.05) is 44.1 Å². The summed E-state index contributed by atoms with van der Waals surface area (Å²) >= 11 is 0. The fraction of sp³-hybridized carbons (Fsp3) is 0.588. The van der Waals surface area contributed by atoms with Crippen LogP contribution in [0.25, 0.3) is 0 Å². The Morgan fingerprint density at radius 3 is 2.30 bits per heavy atom. The molecule has 0 saturated carbocycles. The molecule has 234 valence electrons. The number of benzene rings is 2. The van der Waals surface area contributed by atoms with Crippen molar-refractivity contribution in [2.24, 2.45) is 5.92 Å². The molecule has 1 amide bonds. The number of carbonyl (C=O) groups is 2. The number of aliphatic hydroxyl groups excluding tert-OH is 1. The van der Waals surface area contributed by atoms with Crippen LogP contribution in [0.15, 0.2) is 48.5 Å². The van der Waals surface area contributed by atoms with Crippen molar-refractivity contribution < 1.29 is 28.9 Å². The van der Waals surface area contributed by atoms with Crippen molar-refractivity contribution in [2.45, 2.75) is 90.2 Å². The maximum atomic E-state index is 12.3. The van der Waals surface area contributed by atoms with E-state index in [4.69, 9.17) is 14.2 Å². The molecule has 43 heavy (non-hydrogen) atoms. The molecule has 3 aliphatic heterocycles. The Balaban J connectivity index is 1.29. The number of aliphatic hydroxyl groups is 1. The lowest BCUT2D eigenvalue weighted by Gasteiger charge is -2.43. The molecule has 0 bridgehead atoms. The molecule has 2 aromatic rings. The molecule has 6 unspecified atom stereocenters. The Morgan fingerprint density at radius 1 is 0.953 bits per heavy atom. The number of hydrogen-bond donors (Lipinski definition) is 2. The summed E-state index contributed by atoms with van der Waals surface area (Å²) < 4.78 is 18.3. The van der Waals surface area contributed by atoms with Gasteiger partial charge in [0.15, 0.2) is 12.4 Å².